The number of rotatable bonds is 6. The van der Waals surface area contributed by atoms with E-state index in [1.807, 2.05) is 66.7 Å². The first-order chi connectivity index (χ1) is 11.9. The number of nitrogens with one attached hydrogen (secondary N) is 1. The quantitative estimate of drug-likeness (QED) is 0.196. The standard InChI is InChI=1S/C19H16Cl3NOS/c1-2-13-18(15-9-5-3-6-10-15,14-24-17(23)19(20,21)22)25-16-11-7-4-8-12-16/h3-13,23H,1,14H2. The lowest BCUT2D eigenvalue weighted by Gasteiger charge is -2.31. The zero-order chi connectivity index (χ0) is 18.3. The van der Waals surface area contributed by atoms with Gasteiger partial charge in [0.1, 0.15) is 11.4 Å². The molecule has 6 heteroatoms. The summed E-state index contributed by atoms with van der Waals surface area (Å²) in [5, 5.41) is 7.82. The molecule has 0 heterocycles. The van der Waals surface area contributed by atoms with Crippen molar-refractivity contribution in [3.8, 4) is 0 Å². The van der Waals surface area contributed by atoms with E-state index < -0.39 is 14.4 Å². The highest BCUT2D eigenvalue weighted by molar-refractivity contribution is 8.00. The molecule has 0 aromatic heterocycles. The maximum Gasteiger partial charge on any atom is 0.265 e. The molecule has 1 atom stereocenters. The SMILES string of the molecule is C=C=CC(COC(=N)C(Cl)(Cl)Cl)(Sc1ccccc1)c1ccccc1. The third-order valence-electron chi connectivity index (χ3n) is 3.33. The Morgan fingerprint density at radius 3 is 2.16 bits per heavy atom. The third kappa shape index (κ3) is 5.57. The lowest BCUT2D eigenvalue weighted by molar-refractivity contribution is 0.273. The molecular weight excluding hydrogens is 397 g/mol. The van der Waals surface area contributed by atoms with E-state index in [0.29, 0.717) is 0 Å². The van der Waals surface area contributed by atoms with Crippen molar-refractivity contribution in [2.75, 3.05) is 6.61 Å². The summed E-state index contributed by atoms with van der Waals surface area (Å²) in [5.41, 5.74) is 3.81. The van der Waals surface area contributed by atoms with Crippen LogP contribution in [0.25, 0.3) is 0 Å². The second kappa shape index (κ2) is 8.84. The summed E-state index contributed by atoms with van der Waals surface area (Å²) in [6.07, 6.45) is 1.81. The third-order valence-corrected chi connectivity index (χ3v) is 5.19. The molecule has 2 aromatic rings. The molecule has 0 radical (unpaired) electrons. The second-order valence-electron chi connectivity index (χ2n) is 5.13. The topological polar surface area (TPSA) is 33.1 Å². The minimum atomic E-state index is -1.91. The van der Waals surface area contributed by atoms with Gasteiger partial charge in [-0.15, -0.1) is 17.5 Å². The Morgan fingerprint density at radius 1 is 1.08 bits per heavy atom. The predicted octanol–water partition coefficient (Wildman–Crippen LogP) is 6.38. The minimum Gasteiger partial charge on any atom is -0.476 e. The van der Waals surface area contributed by atoms with Gasteiger partial charge in [-0.1, -0.05) is 89.9 Å². The van der Waals surface area contributed by atoms with Crippen LogP contribution < -0.4 is 0 Å². The van der Waals surface area contributed by atoms with Gasteiger partial charge in [0, 0.05) is 4.90 Å². The Kier molecular flexibility index (Phi) is 7.06. The van der Waals surface area contributed by atoms with E-state index in [1.165, 1.54) is 0 Å². The van der Waals surface area contributed by atoms with E-state index in [2.05, 4.69) is 12.3 Å². The van der Waals surface area contributed by atoms with Crippen molar-refractivity contribution < 1.29 is 4.74 Å². The Labute approximate surface area is 166 Å². The van der Waals surface area contributed by atoms with E-state index in [-0.39, 0.29) is 6.61 Å². The lowest BCUT2D eigenvalue weighted by Crippen LogP contribution is -2.31. The largest absolute Gasteiger partial charge is 0.476 e. The van der Waals surface area contributed by atoms with Crippen molar-refractivity contribution in [3.05, 3.63) is 84.6 Å². The molecule has 0 bridgehead atoms. The Bertz CT molecular complexity index is 755. The highest BCUT2D eigenvalue weighted by atomic mass is 35.6. The first kappa shape index (κ1) is 20.0. The average Bonchev–Trinajstić information content (AvgIpc) is 2.60. The summed E-state index contributed by atoms with van der Waals surface area (Å²) in [5.74, 6) is -0.427. The molecular formula is C19H16Cl3NOS. The summed E-state index contributed by atoms with van der Waals surface area (Å²) in [7, 11) is 0. The van der Waals surface area contributed by atoms with E-state index in [1.54, 1.807) is 11.8 Å². The molecule has 25 heavy (non-hydrogen) atoms. The van der Waals surface area contributed by atoms with Gasteiger partial charge in [-0.3, -0.25) is 5.41 Å². The van der Waals surface area contributed by atoms with Crippen molar-refractivity contribution in [1.29, 1.82) is 5.41 Å². The smallest absolute Gasteiger partial charge is 0.265 e. The van der Waals surface area contributed by atoms with Gasteiger partial charge in [0.05, 0.1) is 0 Å². The van der Waals surface area contributed by atoms with Gasteiger partial charge in [0.2, 0.25) is 5.90 Å². The lowest BCUT2D eigenvalue weighted by atomic mass is 9.99. The molecule has 2 nitrogen and oxygen atoms in total. The molecule has 130 valence electrons. The number of halogens is 3. The van der Waals surface area contributed by atoms with Crippen LogP contribution >= 0.6 is 46.6 Å². The minimum absolute atomic E-state index is 0.0891. The fourth-order valence-electron chi connectivity index (χ4n) is 2.17. The molecule has 2 aromatic carbocycles. The summed E-state index contributed by atoms with van der Waals surface area (Å²) >= 11 is 18.8. The number of thioether (sulfide) groups is 1. The Balaban J connectivity index is 2.41. The maximum atomic E-state index is 7.82. The van der Waals surface area contributed by atoms with Gasteiger partial charge >= 0.3 is 0 Å². The molecule has 0 aliphatic heterocycles. The van der Waals surface area contributed by atoms with Gasteiger partial charge in [-0.05, 0) is 23.8 Å². The molecule has 0 aliphatic carbocycles. The summed E-state index contributed by atoms with van der Waals surface area (Å²) in [4.78, 5) is 1.03. The molecule has 1 N–H and O–H groups in total. The first-order valence-electron chi connectivity index (χ1n) is 7.32. The van der Waals surface area contributed by atoms with Crippen LogP contribution in [-0.2, 0) is 9.48 Å². The van der Waals surface area contributed by atoms with E-state index in [9.17, 15) is 0 Å². The summed E-state index contributed by atoms with van der Waals surface area (Å²) in [6.45, 7) is 3.80. The predicted molar refractivity (Wildman–Crippen MR) is 108 cm³/mol. The molecule has 0 aliphatic rings. The number of ether oxygens (including phenoxy) is 1. The van der Waals surface area contributed by atoms with Gasteiger partial charge in [0.15, 0.2) is 0 Å². The van der Waals surface area contributed by atoms with Gasteiger partial charge in [-0.2, -0.15) is 0 Å². The van der Waals surface area contributed by atoms with Crippen LogP contribution in [0.15, 0.2) is 83.9 Å². The molecule has 0 saturated carbocycles. The van der Waals surface area contributed by atoms with E-state index >= 15 is 0 Å². The van der Waals surface area contributed by atoms with Crippen LogP contribution in [0.4, 0.5) is 0 Å². The van der Waals surface area contributed by atoms with E-state index in [4.69, 9.17) is 44.9 Å². The summed E-state index contributed by atoms with van der Waals surface area (Å²) < 4.78 is 2.94. The number of alkyl halides is 3. The van der Waals surface area contributed by atoms with Gasteiger partial charge < -0.3 is 4.74 Å². The Morgan fingerprint density at radius 2 is 1.64 bits per heavy atom. The van der Waals surface area contributed by atoms with Crippen LogP contribution in [0.1, 0.15) is 5.56 Å². The van der Waals surface area contributed by atoms with Crippen molar-refractivity contribution >= 4 is 52.5 Å². The van der Waals surface area contributed by atoms with Crippen LogP contribution in [0, 0.1) is 5.41 Å². The van der Waals surface area contributed by atoms with Crippen molar-refractivity contribution in [3.63, 3.8) is 0 Å². The van der Waals surface area contributed by atoms with Gasteiger partial charge in [-0.25, -0.2) is 0 Å². The maximum absolute atomic E-state index is 7.82. The van der Waals surface area contributed by atoms with Crippen LogP contribution in [0.2, 0.25) is 0 Å². The van der Waals surface area contributed by atoms with Crippen LogP contribution in [0.3, 0.4) is 0 Å². The zero-order valence-corrected chi connectivity index (χ0v) is 16.3. The van der Waals surface area contributed by atoms with Crippen molar-refractivity contribution in [2.24, 2.45) is 0 Å². The zero-order valence-electron chi connectivity index (χ0n) is 13.2. The molecule has 0 spiro atoms. The molecule has 1 unspecified atom stereocenters. The van der Waals surface area contributed by atoms with Crippen LogP contribution in [-0.4, -0.2) is 16.3 Å². The first-order valence-corrected chi connectivity index (χ1v) is 9.27. The van der Waals surface area contributed by atoms with Gasteiger partial charge in [0.25, 0.3) is 3.79 Å². The normalized spacial score (nSPS) is 13.4. The molecule has 0 fully saturated rings. The highest BCUT2D eigenvalue weighted by Crippen LogP contribution is 2.43. The number of benzene rings is 2. The molecule has 0 saturated heterocycles. The van der Waals surface area contributed by atoms with Crippen LogP contribution in [0.5, 0.6) is 0 Å². The number of hydrogen-bond acceptors (Lipinski definition) is 3. The molecule has 0 amide bonds. The fourth-order valence-corrected chi connectivity index (χ4v) is 3.56. The van der Waals surface area contributed by atoms with E-state index in [0.717, 1.165) is 10.5 Å². The Hall–Kier alpha value is -1.35. The second-order valence-corrected chi connectivity index (χ2v) is 8.82. The average molecular weight is 413 g/mol. The summed E-state index contributed by atoms with van der Waals surface area (Å²) in [6, 6.07) is 19.6. The van der Waals surface area contributed by atoms with Crippen molar-refractivity contribution in [2.45, 2.75) is 13.4 Å². The fraction of sp³-hybridized carbons (Fsp3) is 0.158. The highest BCUT2D eigenvalue weighted by Gasteiger charge is 2.36. The van der Waals surface area contributed by atoms with Crippen molar-refractivity contribution in [1.82, 2.24) is 0 Å². The monoisotopic (exact) mass is 411 g/mol. The number of hydrogen-bond donors (Lipinski definition) is 1. The molecule has 2 rings (SSSR count).